The summed E-state index contributed by atoms with van der Waals surface area (Å²) in [5.74, 6) is 1.00. The number of furan rings is 1. The van der Waals surface area contributed by atoms with Crippen LogP contribution in [0.5, 0.6) is 0 Å². The van der Waals surface area contributed by atoms with Gasteiger partial charge in [0.05, 0.1) is 19.4 Å². The molecule has 0 aliphatic rings. The van der Waals surface area contributed by atoms with E-state index in [2.05, 4.69) is 37.2 Å². The molecule has 4 nitrogen and oxygen atoms in total. The van der Waals surface area contributed by atoms with Gasteiger partial charge in [0.2, 0.25) is 0 Å². The van der Waals surface area contributed by atoms with Crippen LogP contribution in [0.2, 0.25) is 0 Å². The van der Waals surface area contributed by atoms with Crippen LogP contribution in [-0.4, -0.2) is 38.3 Å². The van der Waals surface area contributed by atoms with Gasteiger partial charge < -0.3 is 14.5 Å². The number of methoxy groups -OCH3 is 1. The first-order valence-corrected chi connectivity index (χ1v) is 6.13. The molecule has 0 amide bonds. The fourth-order valence-electron chi connectivity index (χ4n) is 1.64. The van der Waals surface area contributed by atoms with E-state index in [4.69, 9.17) is 9.15 Å². The van der Waals surface area contributed by atoms with Crippen molar-refractivity contribution in [2.75, 3.05) is 27.3 Å². The molecule has 0 fully saturated rings. The van der Waals surface area contributed by atoms with Crippen LogP contribution < -0.4 is 5.32 Å². The van der Waals surface area contributed by atoms with Crippen molar-refractivity contribution in [1.82, 2.24) is 10.2 Å². The number of hydrogen-bond donors (Lipinski definition) is 1. The van der Waals surface area contributed by atoms with Gasteiger partial charge in [0.1, 0.15) is 5.76 Å². The van der Waals surface area contributed by atoms with Gasteiger partial charge in [0.25, 0.3) is 0 Å². The molecule has 1 unspecified atom stereocenters. The largest absolute Gasteiger partial charge is 0.468 e. The Morgan fingerprint density at radius 3 is 2.94 bits per heavy atom. The topological polar surface area (TPSA) is 37.6 Å². The van der Waals surface area contributed by atoms with Crippen molar-refractivity contribution >= 4 is 0 Å². The van der Waals surface area contributed by atoms with Gasteiger partial charge in [-0.25, -0.2) is 0 Å². The molecular formula is C13H24N2O2. The maximum Gasteiger partial charge on any atom is 0.118 e. The Kier molecular flexibility index (Phi) is 6.26. The van der Waals surface area contributed by atoms with Crippen LogP contribution in [0.3, 0.4) is 0 Å². The van der Waals surface area contributed by atoms with Gasteiger partial charge >= 0.3 is 0 Å². The average Bonchev–Trinajstić information content (AvgIpc) is 2.74. The summed E-state index contributed by atoms with van der Waals surface area (Å²) in [5.41, 5.74) is 1.20. The Morgan fingerprint density at radius 1 is 1.53 bits per heavy atom. The highest BCUT2D eigenvalue weighted by Crippen LogP contribution is 2.11. The molecule has 1 aromatic rings. The number of likely N-dealkylation sites (N-methyl/N-ethyl adjacent to an activating group) is 1. The van der Waals surface area contributed by atoms with Crippen molar-refractivity contribution in [3.8, 4) is 0 Å². The lowest BCUT2D eigenvalue weighted by molar-refractivity contribution is 0.108. The van der Waals surface area contributed by atoms with Crippen molar-refractivity contribution in [2.45, 2.75) is 33.0 Å². The first-order valence-electron chi connectivity index (χ1n) is 6.13. The first kappa shape index (κ1) is 14.2. The second kappa shape index (κ2) is 7.48. The predicted octanol–water partition coefficient (Wildman–Crippen LogP) is 1.86. The lowest BCUT2D eigenvalue weighted by Crippen LogP contribution is -2.31. The molecule has 0 aliphatic heterocycles. The standard InChI is InChI=1S/C13H24N2O2/c1-5-14-7-12-6-13(17-10-12)8-15(3)11(2)9-16-4/h6,10-11,14H,5,7-9H2,1-4H3. The van der Waals surface area contributed by atoms with E-state index in [1.807, 2.05) is 6.26 Å². The van der Waals surface area contributed by atoms with Crippen molar-refractivity contribution in [1.29, 1.82) is 0 Å². The molecule has 0 radical (unpaired) electrons. The van der Waals surface area contributed by atoms with Gasteiger partial charge in [0.15, 0.2) is 0 Å². The van der Waals surface area contributed by atoms with Crippen molar-refractivity contribution in [2.24, 2.45) is 0 Å². The Balaban J connectivity index is 2.42. The average molecular weight is 240 g/mol. The number of ether oxygens (including phenoxy) is 1. The fourth-order valence-corrected chi connectivity index (χ4v) is 1.64. The summed E-state index contributed by atoms with van der Waals surface area (Å²) in [7, 11) is 3.81. The Hall–Kier alpha value is -0.840. The van der Waals surface area contributed by atoms with Gasteiger partial charge in [-0.15, -0.1) is 0 Å². The molecular weight excluding hydrogens is 216 g/mol. The third-order valence-electron chi connectivity index (χ3n) is 2.85. The molecule has 0 spiro atoms. The summed E-state index contributed by atoms with van der Waals surface area (Å²) in [6.45, 7) is 7.65. The highest BCUT2D eigenvalue weighted by molar-refractivity contribution is 5.12. The lowest BCUT2D eigenvalue weighted by Gasteiger charge is -2.22. The van der Waals surface area contributed by atoms with E-state index in [0.717, 1.165) is 32.0 Å². The molecule has 1 atom stereocenters. The minimum Gasteiger partial charge on any atom is -0.468 e. The Bertz CT molecular complexity index is 312. The third kappa shape index (κ3) is 4.89. The summed E-state index contributed by atoms with van der Waals surface area (Å²) in [6, 6.07) is 2.50. The molecule has 0 aliphatic carbocycles. The predicted molar refractivity (Wildman–Crippen MR) is 68.9 cm³/mol. The van der Waals surface area contributed by atoms with Gasteiger partial charge in [0, 0.05) is 25.3 Å². The third-order valence-corrected chi connectivity index (χ3v) is 2.85. The highest BCUT2D eigenvalue weighted by Gasteiger charge is 2.11. The van der Waals surface area contributed by atoms with E-state index in [0.29, 0.717) is 6.04 Å². The van der Waals surface area contributed by atoms with E-state index in [9.17, 15) is 0 Å². The van der Waals surface area contributed by atoms with Gasteiger partial charge in [-0.05, 0) is 26.6 Å². The fraction of sp³-hybridized carbons (Fsp3) is 0.692. The van der Waals surface area contributed by atoms with Crippen LogP contribution >= 0.6 is 0 Å². The minimum atomic E-state index is 0.391. The van der Waals surface area contributed by atoms with Crippen LogP contribution in [0.1, 0.15) is 25.2 Å². The molecule has 1 heterocycles. The van der Waals surface area contributed by atoms with Crippen LogP contribution in [0.15, 0.2) is 16.7 Å². The lowest BCUT2D eigenvalue weighted by atomic mass is 10.2. The summed E-state index contributed by atoms with van der Waals surface area (Å²) in [5, 5.41) is 3.28. The minimum absolute atomic E-state index is 0.391. The summed E-state index contributed by atoms with van der Waals surface area (Å²) in [4.78, 5) is 2.22. The SMILES string of the molecule is CCNCc1coc(CN(C)C(C)COC)c1. The molecule has 4 heteroatoms. The smallest absolute Gasteiger partial charge is 0.118 e. The zero-order valence-electron chi connectivity index (χ0n) is 11.3. The van der Waals surface area contributed by atoms with E-state index in [1.54, 1.807) is 7.11 Å². The summed E-state index contributed by atoms with van der Waals surface area (Å²) in [6.07, 6.45) is 1.83. The number of nitrogens with zero attached hydrogens (tertiary/aromatic N) is 1. The van der Waals surface area contributed by atoms with Gasteiger partial charge in [-0.2, -0.15) is 0 Å². The number of hydrogen-bond acceptors (Lipinski definition) is 4. The zero-order valence-corrected chi connectivity index (χ0v) is 11.3. The highest BCUT2D eigenvalue weighted by atomic mass is 16.5. The Labute approximate surface area is 104 Å². The quantitative estimate of drug-likeness (QED) is 0.752. The molecule has 0 saturated carbocycles. The second-order valence-electron chi connectivity index (χ2n) is 4.42. The molecule has 1 N–H and O–H groups in total. The number of rotatable bonds is 8. The molecule has 0 saturated heterocycles. The van der Waals surface area contributed by atoms with Crippen molar-refractivity contribution in [3.63, 3.8) is 0 Å². The van der Waals surface area contributed by atoms with Crippen molar-refractivity contribution in [3.05, 3.63) is 23.7 Å². The van der Waals surface area contributed by atoms with Crippen molar-refractivity contribution < 1.29 is 9.15 Å². The second-order valence-corrected chi connectivity index (χ2v) is 4.42. The van der Waals surface area contributed by atoms with Crippen LogP contribution in [0.4, 0.5) is 0 Å². The zero-order chi connectivity index (χ0) is 12.7. The first-order chi connectivity index (χ1) is 8.17. The monoisotopic (exact) mass is 240 g/mol. The van der Waals surface area contributed by atoms with Crippen LogP contribution in [0, 0.1) is 0 Å². The van der Waals surface area contributed by atoms with E-state index in [1.165, 1.54) is 5.56 Å². The molecule has 0 aromatic carbocycles. The van der Waals surface area contributed by atoms with E-state index < -0.39 is 0 Å². The normalized spacial score (nSPS) is 13.2. The summed E-state index contributed by atoms with van der Waals surface area (Å²) >= 11 is 0. The molecule has 98 valence electrons. The Morgan fingerprint density at radius 2 is 2.29 bits per heavy atom. The maximum atomic E-state index is 5.54. The van der Waals surface area contributed by atoms with Gasteiger partial charge in [-0.3, -0.25) is 4.90 Å². The van der Waals surface area contributed by atoms with Crippen LogP contribution in [-0.2, 0) is 17.8 Å². The number of nitrogens with one attached hydrogen (secondary N) is 1. The van der Waals surface area contributed by atoms with E-state index >= 15 is 0 Å². The van der Waals surface area contributed by atoms with Crippen LogP contribution in [0.25, 0.3) is 0 Å². The molecule has 0 bridgehead atoms. The maximum absolute atomic E-state index is 5.54. The molecule has 17 heavy (non-hydrogen) atoms. The molecule has 1 aromatic heterocycles. The van der Waals surface area contributed by atoms with E-state index in [-0.39, 0.29) is 0 Å². The van der Waals surface area contributed by atoms with Gasteiger partial charge in [-0.1, -0.05) is 6.92 Å². The molecule has 1 rings (SSSR count). The summed E-state index contributed by atoms with van der Waals surface area (Å²) < 4.78 is 10.7.